The average Bonchev–Trinajstić information content (AvgIpc) is 2.98. The topological polar surface area (TPSA) is 86.8 Å². The number of amides is 2. The van der Waals surface area contributed by atoms with Crippen LogP contribution in [-0.2, 0) is 32.6 Å². The third-order valence-corrected chi connectivity index (χ3v) is 8.71. The lowest BCUT2D eigenvalue weighted by Crippen LogP contribution is -2.56. The molecule has 4 aromatic carbocycles. The lowest BCUT2D eigenvalue weighted by atomic mass is 10.0. The molecule has 1 atom stereocenters. The fraction of sp³-hybridized carbons (Fsp3) is 0.257. The third kappa shape index (κ3) is 8.32. The molecule has 44 heavy (non-hydrogen) atoms. The summed E-state index contributed by atoms with van der Waals surface area (Å²) in [6, 6.07) is 28.9. The average molecular weight is 616 g/mol. The lowest BCUT2D eigenvalue weighted by Gasteiger charge is -2.35. The van der Waals surface area contributed by atoms with Crippen LogP contribution >= 0.6 is 0 Å². The predicted octanol–water partition coefficient (Wildman–Crippen LogP) is 5.88. The molecule has 0 unspecified atom stereocenters. The maximum absolute atomic E-state index is 15.2. The van der Waals surface area contributed by atoms with Crippen molar-refractivity contribution in [1.82, 2.24) is 10.2 Å². The van der Waals surface area contributed by atoms with Gasteiger partial charge in [0.2, 0.25) is 11.8 Å². The fourth-order valence-electron chi connectivity index (χ4n) is 4.90. The highest BCUT2D eigenvalue weighted by atomic mass is 32.2. The highest BCUT2D eigenvalue weighted by Gasteiger charge is 2.36. The standard InChI is InChI=1S/C35H38FN3O4S/c1-26-14-13-17-28(22-26)24-38(32(34(41)37-35(2,3)4)23-27-15-7-5-8-16-27)33(40)25-39(31-21-12-11-20-30(31)36)44(42,43)29-18-9-6-10-19-29/h5-22,32H,23-25H2,1-4H3,(H,37,41)/t32-/m0/s1. The molecule has 0 saturated heterocycles. The van der Waals surface area contributed by atoms with Crippen LogP contribution in [0.15, 0.2) is 114 Å². The molecule has 9 heteroatoms. The van der Waals surface area contributed by atoms with Gasteiger partial charge in [-0.2, -0.15) is 0 Å². The number of halogens is 1. The molecule has 4 rings (SSSR count). The van der Waals surface area contributed by atoms with Crippen molar-refractivity contribution in [2.24, 2.45) is 0 Å². The van der Waals surface area contributed by atoms with Crippen molar-refractivity contribution >= 4 is 27.5 Å². The number of para-hydroxylation sites is 1. The number of rotatable bonds is 11. The predicted molar refractivity (Wildman–Crippen MR) is 171 cm³/mol. The number of carbonyl (C=O) groups is 2. The minimum Gasteiger partial charge on any atom is -0.350 e. The van der Waals surface area contributed by atoms with Crippen LogP contribution in [0.25, 0.3) is 0 Å². The van der Waals surface area contributed by atoms with Gasteiger partial charge >= 0.3 is 0 Å². The maximum Gasteiger partial charge on any atom is 0.264 e. The molecule has 0 heterocycles. The zero-order valence-electron chi connectivity index (χ0n) is 25.4. The Kier molecular flexibility index (Phi) is 10.2. The smallest absolute Gasteiger partial charge is 0.264 e. The number of carbonyl (C=O) groups excluding carboxylic acids is 2. The van der Waals surface area contributed by atoms with Gasteiger partial charge in [-0.15, -0.1) is 0 Å². The van der Waals surface area contributed by atoms with Gasteiger partial charge < -0.3 is 10.2 Å². The van der Waals surface area contributed by atoms with Crippen LogP contribution in [-0.4, -0.2) is 43.3 Å². The third-order valence-electron chi connectivity index (χ3n) is 6.94. The van der Waals surface area contributed by atoms with Gasteiger partial charge in [-0.25, -0.2) is 12.8 Å². The Morgan fingerprint density at radius 1 is 0.818 bits per heavy atom. The van der Waals surface area contributed by atoms with Crippen molar-refractivity contribution in [3.05, 3.63) is 132 Å². The molecule has 0 aromatic heterocycles. The number of nitrogens with one attached hydrogen (secondary N) is 1. The summed E-state index contributed by atoms with van der Waals surface area (Å²) in [5, 5.41) is 3.00. The van der Waals surface area contributed by atoms with E-state index in [0.29, 0.717) is 0 Å². The molecule has 0 spiro atoms. The monoisotopic (exact) mass is 615 g/mol. The van der Waals surface area contributed by atoms with Crippen LogP contribution < -0.4 is 9.62 Å². The normalized spacial score (nSPS) is 12.3. The van der Waals surface area contributed by atoms with Crippen molar-refractivity contribution in [2.45, 2.75) is 57.1 Å². The highest BCUT2D eigenvalue weighted by Crippen LogP contribution is 2.27. The minimum atomic E-state index is -4.37. The fourth-order valence-corrected chi connectivity index (χ4v) is 6.34. The molecule has 2 amide bonds. The lowest BCUT2D eigenvalue weighted by molar-refractivity contribution is -0.140. The first-order chi connectivity index (χ1) is 20.8. The summed E-state index contributed by atoms with van der Waals surface area (Å²) in [4.78, 5) is 29.6. The molecule has 0 fully saturated rings. The Morgan fingerprint density at radius 2 is 1.41 bits per heavy atom. The van der Waals surface area contributed by atoms with Crippen LogP contribution in [0.4, 0.5) is 10.1 Å². The second-order valence-electron chi connectivity index (χ2n) is 11.7. The summed E-state index contributed by atoms with van der Waals surface area (Å²) in [5.74, 6) is -1.83. The summed E-state index contributed by atoms with van der Waals surface area (Å²) < 4.78 is 43.9. The second-order valence-corrected chi connectivity index (χ2v) is 13.6. The van der Waals surface area contributed by atoms with Gasteiger partial charge in [-0.05, 0) is 63.1 Å². The number of hydrogen-bond acceptors (Lipinski definition) is 4. The first-order valence-electron chi connectivity index (χ1n) is 14.4. The van der Waals surface area contributed by atoms with Gasteiger partial charge in [0.05, 0.1) is 10.6 Å². The van der Waals surface area contributed by atoms with Crippen LogP contribution in [0.1, 0.15) is 37.5 Å². The molecular weight excluding hydrogens is 577 g/mol. The molecule has 0 radical (unpaired) electrons. The molecule has 0 bridgehead atoms. The molecule has 4 aromatic rings. The van der Waals surface area contributed by atoms with E-state index >= 15 is 4.39 Å². The Bertz CT molecular complexity index is 1690. The molecule has 230 valence electrons. The number of benzene rings is 4. The quantitative estimate of drug-likeness (QED) is 0.228. The summed E-state index contributed by atoms with van der Waals surface area (Å²) in [7, 11) is -4.37. The highest BCUT2D eigenvalue weighted by molar-refractivity contribution is 7.92. The summed E-state index contributed by atoms with van der Waals surface area (Å²) in [6.07, 6.45) is 0.186. The van der Waals surface area contributed by atoms with Crippen LogP contribution in [0.3, 0.4) is 0 Å². The number of sulfonamides is 1. The van der Waals surface area contributed by atoms with E-state index in [-0.39, 0.29) is 29.5 Å². The molecular formula is C35H38FN3O4S. The maximum atomic E-state index is 15.2. The number of nitrogens with zero attached hydrogens (tertiary/aromatic N) is 2. The zero-order chi connectivity index (χ0) is 31.9. The second kappa shape index (κ2) is 13.9. The van der Waals surface area contributed by atoms with Crippen LogP contribution in [0.2, 0.25) is 0 Å². The van der Waals surface area contributed by atoms with E-state index in [9.17, 15) is 18.0 Å². The Labute approximate surface area is 259 Å². The van der Waals surface area contributed by atoms with E-state index in [1.54, 1.807) is 18.2 Å². The summed E-state index contributed by atoms with van der Waals surface area (Å²) >= 11 is 0. The van der Waals surface area contributed by atoms with Crippen molar-refractivity contribution < 1.29 is 22.4 Å². The Morgan fingerprint density at radius 3 is 2.02 bits per heavy atom. The van der Waals surface area contributed by atoms with Crippen molar-refractivity contribution in [3.63, 3.8) is 0 Å². The van der Waals surface area contributed by atoms with Gasteiger partial charge in [0, 0.05) is 18.5 Å². The van der Waals surface area contributed by atoms with E-state index in [0.717, 1.165) is 27.1 Å². The van der Waals surface area contributed by atoms with E-state index in [4.69, 9.17) is 0 Å². The largest absolute Gasteiger partial charge is 0.350 e. The molecule has 1 N–H and O–H groups in total. The SMILES string of the molecule is Cc1cccc(CN(C(=O)CN(c2ccccc2F)S(=O)(=O)c2ccccc2)[C@@H](Cc2ccccc2)C(=O)NC(C)(C)C)c1. The summed E-state index contributed by atoms with van der Waals surface area (Å²) in [5.41, 5.74) is 1.70. The molecule has 0 aliphatic rings. The van der Waals surface area contributed by atoms with Gasteiger partial charge in [0.1, 0.15) is 18.4 Å². The number of aryl methyl sites for hydroxylation is 1. The van der Waals surface area contributed by atoms with Crippen molar-refractivity contribution in [3.8, 4) is 0 Å². The van der Waals surface area contributed by atoms with Gasteiger partial charge in [0.25, 0.3) is 10.0 Å². The first kappa shape index (κ1) is 32.4. The van der Waals surface area contributed by atoms with Crippen LogP contribution in [0.5, 0.6) is 0 Å². The van der Waals surface area contributed by atoms with Crippen LogP contribution in [0, 0.1) is 12.7 Å². The first-order valence-corrected chi connectivity index (χ1v) is 15.8. The van der Waals surface area contributed by atoms with E-state index in [1.165, 1.54) is 35.2 Å². The Balaban J connectivity index is 1.82. The van der Waals surface area contributed by atoms with E-state index < -0.39 is 39.9 Å². The Hall–Kier alpha value is -4.50. The number of hydrogen-bond donors (Lipinski definition) is 1. The van der Waals surface area contributed by atoms with Gasteiger partial charge in [-0.3, -0.25) is 13.9 Å². The molecule has 0 saturated carbocycles. The van der Waals surface area contributed by atoms with Gasteiger partial charge in [-0.1, -0.05) is 90.5 Å². The van der Waals surface area contributed by atoms with Gasteiger partial charge in [0.15, 0.2) is 0 Å². The molecule has 0 aliphatic heterocycles. The summed E-state index contributed by atoms with van der Waals surface area (Å²) in [6.45, 7) is 6.79. The van der Waals surface area contributed by atoms with Crippen molar-refractivity contribution in [1.29, 1.82) is 0 Å². The number of anilines is 1. The zero-order valence-corrected chi connectivity index (χ0v) is 26.2. The molecule has 0 aliphatic carbocycles. The van der Waals surface area contributed by atoms with E-state index in [1.807, 2.05) is 82.3 Å². The minimum absolute atomic E-state index is 0.0338. The molecule has 7 nitrogen and oxygen atoms in total. The van der Waals surface area contributed by atoms with E-state index in [2.05, 4.69) is 5.32 Å². The van der Waals surface area contributed by atoms with Crippen molar-refractivity contribution in [2.75, 3.05) is 10.8 Å².